The van der Waals surface area contributed by atoms with Crippen molar-refractivity contribution in [2.24, 2.45) is 5.10 Å². The topological polar surface area (TPSA) is 91.9 Å². The number of rotatable bonds is 5. The molecule has 0 aliphatic heterocycles. The van der Waals surface area contributed by atoms with Gasteiger partial charge < -0.3 is 9.52 Å². The molecule has 0 saturated heterocycles. The first-order valence-electron chi connectivity index (χ1n) is 8.60. The van der Waals surface area contributed by atoms with Crippen molar-refractivity contribution in [2.45, 2.75) is 13.1 Å². The molecule has 30 heavy (non-hydrogen) atoms. The maximum atomic E-state index is 12.7. The third kappa shape index (κ3) is 4.75. The molecule has 2 aromatic carbocycles. The van der Waals surface area contributed by atoms with E-state index in [1.807, 2.05) is 0 Å². The van der Waals surface area contributed by atoms with Gasteiger partial charge in [0, 0.05) is 11.1 Å². The summed E-state index contributed by atoms with van der Waals surface area (Å²) >= 11 is 0. The summed E-state index contributed by atoms with van der Waals surface area (Å²) in [6, 6.07) is 11.8. The number of aryl methyl sites for hydroxylation is 1. The Bertz CT molecular complexity index is 1130. The number of furan rings is 1. The van der Waals surface area contributed by atoms with E-state index in [2.05, 4.69) is 10.5 Å². The van der Waals surface area contributed by atoms with E-state index in [0.717, 1.165) is 23.8 Å². The van der Waals surface area contributed by atoms with Crippen LogP contribution in [-0.4, -0.2) is 23.2 Å². The molecule has 9 heteroatoms. The molecule has 1 aromatic heterocycles. The Balaban J connectivity index is 1.72. The van der Waals surface area contributed by atoms with Gasteiger partial charge in [-0.15, -0.1) is 0 Å². The second-order valence-electron chi connectivity index (χ2n) is 6.31. The Morgan fingerprint density at radius 3 is 2.53 bits per heavy atom. The van der Waals surface area contributed by atoms with Crippen LogP contribution in [-0.2, 0) is 6.18 Å². The molecule has 0 saturated carbocycles. The van der Waals surface area contributed by atoms with Crippen molar-refractivity contribution in [3.63, 3.8) is 0 Å². The number of benzene rings is 2. The number of amides is 1. The summed E-state index contributed by atoms with van der Waals surface area (Å²) < 4.78 is 43.8. The lowest BCUT2D eigenvalue weighted by molar-refractivity contribution is -0.137. The van der Waals surface area contributed by atoms with Gasteiger partial charge in [0.25, 0.3) is 5.91 Å². The van der Waals surface area contributed by atoms with Crippen LogP contribution in [0.5, 0.6) is 0 Å². The number of carboxylic acids is 1. The SMILES string of the molecule is Cc1ccc(C(=O)O)cc1-c1ccc(/C=N\NC(=O)c2cccc(C(F)(F)F)c2)o1. The molecule has 6 nitrogen and oxygen atoms in total. The summed E-state index contributed by atoms with van der Waals surface area (Å²) in [7, 11) is 0. The van der Waals surface area contributed by atoms with E-state index in [4.69, 9.17) is 9.52 Å². The Hall–Kier alpha value is -3.88. The second-order valence-corrected chi connectivity index (χ2v) is 6.31. The Labute approximate surface area is 168 Å². The van der Waals surface area contributed by atoms with Gasteiger partial charge in [-0.25, -0.2) is 10.2 Å². The van der Waals surface area contributed by atoms with Gasteiger partial charge in [-0.1, -0.05) is 12.1 Å². The Morgan fingerprint density at radius 1 is 1.07 bits per heavy atom. The minimum atomic E-state index is -4.56. The fraction of sp³-hybridized carbons (Fsp3) is 0.0952. The van der Waals surface area contributed by atoms with E-state index in [9.17, 15) is 22.8 Å². The molecule has 154 valence electrons. The average Bonchev–Trinajstić information content (AvgIpc) is 3.16. The molecule has 3 rings (SSSR count). The third-order valence-electron chi connectivity index (χ3n) is 4.19. The van der Waals surface area contributed by atoms with Crippen LogP contribution in [0.1, 0.15) is 37.6 Å². The lowest BCUT2D eigenvalue weighted by Gasteiger charge is -2.07. The molecule has 0 aliphatic rings. The number of nitrogens with one attached hydrogen (secondary N) is 1. The smallest absolute Gasteiger partial charge is 0.416 e. The zero-order valence-electron chi connectivity index (χ0n) is 15.5. The van der Waals surface area contributed by atoms with E-state index < -0.39 is 23.6 Å². The van der Waals surface area contributed by atoms with Crippen LogP contribution in [0.4, 0.5) is 13.2 Å². The lowest BCUT2D eigenvalue weighted by atomic mass is 10.0. The van der Waals surface area contributed by atoms with Crippen LogP contribution in [0.25, 0.3) is 11.3 Å². The van der Waals surface area contributed by atoms with Gasteiger partial charge in [-0.3, -0.25) is 4.79 Å². The van der Waals surface area contributed by atoms with E-state index >= 15 is 0 Å². The normalized spacial score (nSPS) is 11.6. The van der Waals surface area contributed by atoms with Crippen LogP contribution in [0.15, 0.2) is 64.1 Å². The van der Waals surface area contributed by atoms with Crippen molar-refractivity contribution in [3.8, 4) is 11.3 Å². The van der Waals surface area contributed by atoms with Crippen LogP contribution in [0, 0.1) is 6.92 Å². The molecular formula is C21H15F3N2O4. The van der Waals surface area contributed by atoms with E-state index in [0.29, 0.717) is 11.3 Å². The third-order valence-corrected chi connectivity index (χ3v) is 4.19. The van der Waals surface area contributed by atoms with Gasteiger partial charge in [0.15, 0.2) is 0 Å². The van der Waals surface area contributed by atoms with Crippen molar-refractivity contribution < 1.29 is 32.3 Å². The van der Waals surface area contributed by atoms with Crippen molar-refractivity contribution in [1.29, 1.82) is 0 Å². The largest absolute Gasteiger partial charge is 0.478 e. The van der Waals surface area contributed by atoms with Crippen LogP contribution >= 0.6 is 0 Å². The standard InChI is InChI=1S/C21H15F3N2O4/c1-12-5-6-14(20(28)29)10-17(12)18-8-7-16(30-18)11-25-26-19(27)13-3-2-4-15(9-13)21(22,23)24/h2-11H,1H3,(H,26,27)(H,28,29)/b25-11-. The van der Waals surface area contributed by atoms with E-state index in [1.54, 1.807) is 25.1 Å². The van der Waals surface area contributed by atoms with Crippen molar-refractivity contribution in [1.82, 2.24) is 5.43 Å². The van der Waals surface area contributed by atoms with Crippen LogP contribution in [0.2, 0.25) is 0 Å². The summed E-state index contributed by atoms with van der Waals surface area (Å²) in [6.45, 7) is 1.80. The number of aromatic carboxylic acids is 1. The fourth-order valence-electron chi connectivity index (χ4n) is 2.64. The van der Waals surface area contributed by atoms with E-state index in [1.165, 1.54) is 24.4 Å². The molecule has 1 amide bonds. The predicted octanol–water partition coefficient (Wildman–Crippen LogP) is 4.74. The minimum absolute atomic E-state index is 0.107. The number of halogens is 3. The number of carbonyl (C=O) groups is 2. The van der Waals surface area contributed by atoms with Gasteiger partial charge in [0.05, 0.1) is 17.3 Å². The summed E-state index contributed by atoms with van der Waals surface area (Å²) in [4.78, 5) is 23.2. The molecule has 0 spiro atoms. The van der Waals surface area contributed by atoms with Gasteiger partial charge >= 0.3 is 12.1 Å². The average molecular weight is 416 g/mol. The number of hydrogen-bond acceptors (Lipinski definition) is 4. The van der Waals surface area contributed by atoms with Crippen molar-refractivity contribution in [3.05, 3.63) is 82.6 Å². The molecule has 0 fully saturated rings. The monoisotopic (exact) mass is 416 g/mol. The first-order chi connectivity index (χ1) is 14.1. The van der Waals surface area contributed by atoms with Gasteiger partial charge in [0.2, 0.25) is 0 Å². The first-order valence-corrected chi connectivity index (χ1v) is 8.60. The molecule has 0 atom stereocenters. The van der Waals surface area contributed by atoms with Gasteiger partial charge in [0.1, 0.15) is 11.5 Å². The lowest BCUT2D eigenvalue weighted by Crippen LogP contribution is -2.18. The number of hydrogen-bond donors (Lipinski definition) is 2. The summed E-state index contributed by atoms with van der Waals surface area (Å²) in [5.41, 5.74) is 2.50. The quantitative estimate of drug-likeness (QED) is 0.464. The zero-order chi connectivity index (χ0) is 21.9. The fourth-order valence-corrected chi connectivity index (χ4v) is 2.64. The molecule has 0 radical (unpaired) electrons. The highest BCUT2D eigenvalue weighted by atomic mass is 19.4. The van der Waals surface area contributed by atoms with E-state index in [-0.39, 0.29) is 16.9 Å². The maximum absolute atomic E-state index is 12.7. The maximum Gasteiger partial charge on any atom is 0.416 e. The Kier molecular flexibility index (Phi) is 5.72. The summed E-state index contributed by atoms with van der Waals surface area (Å²) in [5.74, 6) is -1.22. The molecule has 0 aliphatic carbocycles. The molecular weight excluding hydrogens is 401 g/mol. The Morgan fingerprint density at radius 2 is 1.83 bits per heavy atom. The molecule has 2 N–H and O–H groups in total. The highest BCUT2D eigenvalue weighted by Crippen LogP contribution is 2.29. The first kappa shape index (κ1) is 20.8. The number of hydrazone groups is 1. The van der Waals surface area contributed by atoms with Crippen LogP contribution < -0.4 is 5.43 Å². The van der Waals surface area contributed by atoms with Gasteiger partial charge in [-0.05, 0) is 55.0 Å². The summed E-state index contributed by atoms with van der Waals surface area (Å²) in [6.07, 6.45) is -3.37. The zero-order valence-corrected chi connectivity index (χ0v) is 15.5. The highest BCUT2D eigenvalue weighted by Gasteiger charge is 2.30. The molecule has 0 bridgehead atoms. The highest BCUT2D eigenvalue weighted by molar-refractivity contribution is 5.95. The molecule has 1 heterocycles. The molecule has 0 unspecified atom stereocenters. The summed E-state index contributed by atoms with van der Waals surface area (Å²) in [5, 5.41) is 12.8. The van der Waals surface area contributed by atoms with Gasteiger partial charge in [-0.2, -0.15) is 18.3 Å². The number of carbonyl (C=O) groups excluding carboxylic acids is 1. The van der Waals surface area contributed by atoms with Crippen molar-refractivity contribution in [2.75, 3.05) is 0 Å². The van der Waals surface area contributed by atoms with Crippen LogP contribution in [0.3, 0.4) is 0 Å². The minimum Gasteiger partial charge on any atom is -0.478 e. The second kappa shape index (κ2) is 8.24. The number of carboxylic acid groups (broad SMARTS) is 1. The number of alkyl halides is 3. The molecule has 3 aromatic rings. The van der Waals surface area contributed by atoms with Crippen molar-refractivity contribution >= 4 is 18.1 Å². The number of nitrogens with zero attached hydrogens (tertiary/aromatic N) is 1. The predicted molar refractivity (Wildman–Crippen MR) is 102 cm³/mol.